The van der Waals surface area contributed by atoms with Crippen LogP contribution in [0.3, 0.4) is 0 Å². The van der Waals surface area contributed by atoms with E-state index >= 15 is 0 Å². The predicted molar refractivity (Wildman–Crippen MR) is 58.8 cm³/mol. The van der Waals surface area contributed by atoms with Crippen LogP contribution in [0.2, 0.25) is 0 Å². The summed E-state index contributed by atoms with van der Waals surface area (Å²) in [7, 11) is 0. The molecular formula is C11H8N2O2S. The van der Waals surface area contributed by atoms with Gasteiger partial charge in [0.15, 0.2) is 6.04 Å². The van der Waals surface area contributed by atoms with Crippen molar-refractivity contribution in [2.75, 3.05) is 0 Å². The number of nitrogens with zero attached hydrogens (tertiary/aromatic N) is 1. The molecule has 0 radical (unpaired) electrons. The second-order valence-electron chi connectivity index (χ2n) is 3.03. The third-order valence-corrected chi connectivity index (χ3v) is 2.85. The van der Waals surface area contributed by atoms with Gasteiger partial charge in [-0.25, -0.2) is 0 Å². The number of thiophene rings is 1. The van der Waals surface area contributed by atoms with Crippen molar-refractivity contribution < 1.29 is 9.21 Å². The first-order chi connectivity index (χ1) is 7.81. The van der Waals surface area contributed by atoms with Crippen LogP contribution < -0.4 is 5.32 Å². The van der Waals surface area contributed by atoms with Gasteiger partial charge >= 0.3 is 0 Å². The minimum Gasteiger partial charge on any atom is -0.466 e. The van der Waals surface area contributed by atoms with Crippen molar-refractivity contribution >= 4 is 17.2 Å². The summed E-state index contributed by atoms with van der Waals surface area (Å²) < 4.78 is 5.07. The van der Waals surface area contributed by atoms with Crippen LogP contribution >= 0.6 is 11.3 Å². The first kappa shape index (κ1) is 10.5. The standard InChI is InChI=1S/C11H8N2O2S/c12-7-8(9-3-1-5-15-9)13-11(14)10-4-2-6-16-10/h1-6,8H,(H,13,14). The number of carbonyl (C=O) groups is 1. The average molecular weight is 232 g/mol. The highest BCUT2D eigenvalue weighted by molar-refractivity contribution is 7.12. The lowest BCUT2D eigenvalue weighted by Crippen LogP contribution is -2.26. The molecule has 2 rings (SSSR count). The van der Waals surface area contributed by atoms with E-state index in [0.29, 0.717) is 10.6 Å². The monoisotopic (exact) mass is 232 g/mol. The summed E-state index contributed by atoms with van der Waals surface area (Å²) in [6, 6.07) is 8.05. The van der Waals surface area contributed by atoms with E-state index in [-0.39, 0.29) is 5.91 Å². The zero-order valence-corrected chi connectivity index (χ0v) is 9.03. The number of hydrogen-bond acceptors (Lipinski definition) is 4. The van der Waals surface area contributed by atoms with Crippen molar-refractivity contribution in [3.8, 4) is 6.07 Å². The van der Waals surface area contributed by atoms with Crippen LogP contribution in [0.5, 0.6) is 0 Å². The summed E-state index contributed by atoms with van der Waals surface area (Å²) in [5, 5.41) is 13.3. The third-order valence-electron chi connectivity index (χ3n) is 1.98. The maximum absolute atomic E-state index is 11.7. The van der Waals surface area contributed by atoms with Crippen LogP contribution in [0.1, 0.15) is 21.5 Å². The average Bonchev–Trinajstić information content (AvgIpc) is 2.96. The molecule has 0 spiro atoms. The second-order valence-corrected chi connectivity index (χ2v) is 3.98. The highest BCUT2D eigenvalue weighted by Crippen LogP contribution is 2.15. The third kappa shape index (κ3) is 2.12. The summed E-state index contributed by atoms with van der Waals surface area (Å²) in [6.45, 7) is 0. The normalized spacial score (nSPS) is 11.7. The van der Waals surface area contributed by atoms with Gasteiger partial charge in [0, 0.05) is 0 Å². The molecule has 0 aliphatic carbocycles. The molecule has 0 aromatic carbocycles. The molecule has 5 heteroatoms. The molecule has 0 fully saturated rings. The molecule has 0 saturated heterocycles. The minimum atomic E-state index is -0.746. The van der Waals surface area contributed by atoms with Gasteiger partial charge in [-0.2, -0.15) is 5.26 Å². The molecule has 2 heterocycles. The Hall–Kier alpha value is -2.06. The van der Waals surface area contributed by atoms with Crippen LogP contribution in [0.25, 0.3) is 0 Å². The summed E-state index contributed by atoms with van der Waals surface area (Å²) >= 11 is 1.33. The van der Waals surface area contributed by atoms with Crippen molar-refractivity contribution in [2.24, 2.45) is 0 Å². The van der Waals surface area contributed by atoms with Gasteiger partial charge in [-0.3, -0.25) is 4.79 Å². The Balaban J connectivity index is 2.09. The molecule has 1 amide bonds. The van der Waals surface area contributed by atoms with E-state index in [1.807, 2.05) is 11.4 Å². The zero-order valence-electron chi connectivity index (χ0n) is 8.21. The summed E-state index contributed by atoms with van der Waals surface area (Å²) in [5.41, 5.74) is 0. The molecule has 1 unspecified atom stereocenters. The molecule has 80 valence electrons. The van der Waals surface area contributed by atoms with Gasteiger partial charge in [-0.1, -0.05) is 6.07 Å². The summed E-state index contributed by atoms with van der Waals surface area (Å²) in [5.74, 6) is 0.172. The highest BCUT2D eigenvalue weighted by Gasteiger charge is 2.17. The van der Waals surface area contributed by atoms with E-state index in [2.05, 4.69) is 5.32 Å². The maximum atomic E-state index is 11.7. The molecule has 0 bridgehead atoms. The largest absolute Gasteiger partial charge is 0.466 e. The van der Waals surface area contributed by atoms with E-state index < -0.39 is 6.04 Å². The van der Waals surface area contributed by atoms with Crippen molar-refractivity contribution in [1.82, 2.24) is 5.32 Å². The van der Waals surface area contributed by atoms with Crippen LogP contribution in [0.15, 0.2) is 40.3 Å². The van der Waals surface area contributed by atoms with Gasteiger partial charge < -0.3 is 9.73 Å². The number of amides is 1. The van der Waals surface area contributed by atoms with E-state index in [0.717, 1.165) is 0 Å². The number of rotatable bonds is 3. The van der Waals surface area contributed by atoms with Crippen LogP contribution in [0, 0.1) is 11.3 Å². The molecule has 16 heavy (non-hydrogen) atoms. The molecule has 0 aliphatic heterocycles. The molecule has 4 nitrogen and oxygen atoms in total. The topological polar surface area (TPSA) is 66.0 Å². The minimum absolute atomic E-state index is 0.266. The molecular weight excluding hydrogens is 224 g/mol. The first-order valence-corrected chi connectivity index (χ1v) is 5.46. The summed E-state index contributed by atoms with van der Waals surface area (Å²) in [4.78, 5) is 12.3. The maximum Gasteiger partial charge on any atom is 0.262 e. The fraction of sp³-hybridized carbons (Fsp3) is 0.0909. The lowest BCUT2D eigenvalue weighted by Gasteiger charge is -2.07. The lowest BCUT2D eigenvalue weighted by molar-refractivity contribution is 0.0945. The fourth-order valence-corrected chi connectivity index (χ4v) is 1.86. The number of carbonyl (C=O) groups excluding carboxylic acids is 1. The number of nitriles is 1. The number of nitrogens with one attached hydrogen (secondary N) is 1. The first-order valence-electron chi connectivity index (χ1n) is 4.58. The highest BCUT2D eigenvalue weighted by atomic mass is 32.1. The Morgan fingerprint density at radius 2 is 2.38 bits per heavy atom. The molecule has 0 saturated carbocycles. The van der Waals surface area contributed by atoms with Gasteiger partial charge in [0.05, 0.1) is 17.2 Å². The molecule has 2 aromatic rings. The van der Waals surface area contributed by atoms with Crippen LogP contribution in [-0.2, 0) is 0 Å². The van der Waals surface area contributed by atoms with Crippen molar-refractivity contribution in [1.29, 1.82) is 5.26 Å². The van der Waals surface area contributed by atoms with E-state index in [9.17, 15) is 4.79 Å². The van der Waals surface area contributed by atoms with Gasteiger partial charge in [0.2, 0.25) is 0 Å². The quantitative estimate of drug-likeness (QED) is 0.883. The van der Waals surface area contributed by atoms with Gasteiger partial charge in [-0.05, 0) is 23.6 Å². The second kappa shape index (κ2) is 4.64. The molecule has 1 atom stereocenters. The predicted octanol–water partition coefficient (Wildman–Crippen LogP) is 2.34. The Labute approximate surface area is 96.1 Å². The zero-order chi connectivity index (χ0) is 11.4. The Morgan fingerprint density at radius 3 is 2.94 bits per heavy atom. The van der Waals surface area contributed by atoms with Gasteiger partial charge in [0.1, 0.15) is 5.76 Å². The van der Waals surface area contributed by atoms with Gasteiger partial charge in [0.25, 0.3) is 5.91 Å². The molecule has 2 aromatic heterocycles. The Morgan fingerprint density at radius 1 is 1.50 bits per heavy atom. The molecule has 1 N–H and O–H groups in total. The number of furan rings is 1. The number of hydrogen-bond donors (Lipinski definition) is 1. The van der Waals surface area contributed by atoms with E-state index in [1.54, 1.807) is 24.3 Å². The smallest absolute Gasteiger partial charge is 0.262 e. The van der Waals surface area contributed by atoms with Crippen molar-refractivity contribution in [2.45, 2.75) is 6.04 Å². The SMILES string of the molecule is N#CC(NC(=O)c1cccs1)c1ccco1. The van der Waals surface area contributed by atoms with E-state index in [1.165, 1.54) is 17.6 Å². The fourth-order valence-electron chi connectivity index (χ4n) is 1.23. The Bertz CT molecular complexity index is 497. The van der Waals surface area contributed by atoms with Crippen molar-refractivity contribution in [3.63, 3.8) is 0 Å². The van der Waals surface area contributed by atoms with E-state index in [4.69, 9.17) is 9.68 Å². The van der Waals surface area contributed by atoms with Crippen molar-refractivity contribution in [3.05, 3.63) is 46.5 Å². The van der Waals surface area contributed by atoms with Crippen LogP contribution in [-0.4, -0.2) is 5.91 Å². The molecule has 0 aliphatic rings. The lowest BCUT2D eigenvalue weighted by atomic mass is 10.2. The Kier molecular flexibility index (Phi) is 3.03. The van der Waals surface area contributed by atoms with Gasteiger partial charge in [-0.15, -0.1) is 11.3 Å². The van der Waals surface area contributed by atoms with Crippen LogP contribution in [0.4, 0.5) is 0 Å². The summed E-state index contributed by atoms with van der Waals surface area (Å²) in [6.07, 6.45) is 1.47.